The molecule has 2 saturated heterocycles. The SMILES string of the molecule is COc1ccccc1-c1ccc(C(=O)N[C@H]2CN3CC[C@H]2C3)s1. The van der Waals surface area contributed by atoms with E-state index in [0.29, 0.717) is 12.0 Å². The Labute approximate surface area is 140 Å². The van der Waals surface area contributed by atoms with Gasteiger partial charge in [0.2, 0.25) is 0 Å². The molecule has 1 N–H and O–H groups in total. The summed E-state index contributed by atoms with van der Waals surface area (Å²) in [6.07, 6.45) is 1.21. The number of para-hydroxylation sites is 1. The molecular weight excluding hydrogens is 308 g/mol. The number of carbonyl (C=O) groups is 1. The quantitative estimate of drug-likeness (QED) is 0.938. The second kappa shape index (κ2) is 5.98. The van der Waals surface area contributed by atoms with E-state index < -0.39 is 0 Å². The van der Waals surface area contributed by atoms with Gasteiger partial charge in [-0.3, -0.25) is 4.79 Å². The molecule has 0 saturated carbocycles. The molecule has 0 aliphatic carbocycles. The summed E-state index contributed by atoms with van der Waals surface area (Å²) in [4.78, 5) is 16.8. The fraction of sp³-hybridized carbons (Fsp3) is 0.389. The van der Waals surface area contributed by atoms with E-state index in [4.69, 9.17) is 4.74 Å². The zero-order valence-corrected chi connectivity index (χ0v) is 13.9. The number of nitrogens with one attached hydrogen (secondary N) is 1. The normalized spacial score (nSPS) is 25.5. The molecule has 1 amide bonds. The predicted molar refractivity (Wildman–Crippen MR) is 92.1 cm³/mol. The molecule has 2 aliphatic rings. The van der Waals surface area contributed by atoms with Crippen LogP contribution in [0.15, 0.2) is 36.4 Å². The first-order valence-corrected chi connectivity index (χ1v) is 8.82. The van der Waals surface area contributed by atoms with Gasteiger partial charge in [0.1, 0.15) is 5.75 Å². The predicted octanol–water partition coefficient (Wildman–Crippen LogP) is 2.86. The summed E-state index contributed by atoms with van der Waals surface area (Å²) >= 11 is 1.52. The molecule has 23 heavy (non-hydrogen) atoms. The number of hydrogen-bond acceptors (Lipinski definition) is 4. The minimum atomic E-state index is 0.0508. The van der Waals surface area contributed by atoms with Crippen molar-refractivity contribution in [2.45, 2.75) is 12.5 Å². The Morgan fingerprint density at radius 2 is 2.13 bits per heavy atom. The number of carbonyl (C=O) groups excluding carboxylic acids is 1. The average Bonchev–Trinajstić information content (AvgIpc) is 3.31. The molecule has 2 fully saturated rings. The number of nitrogens with zero attached hydrogens (tertiary/aromatic N) is 1. The monoisotopic (exact) mass is 328 g/mol. The van der Waals surface area contributed by atoms with E-state index in [1.165, 1.54) is 24.3 Å². The summed E-state index contributed by atoms with van der Waals surface area (Å²) in [5.41, 5.74) is 1.03. The number of rotatable bonds is 4. The van der Waals surface area contributed by atoms with E-state index >= 15 is 0 Å². The van der Waals surface area contributed by atoms with Gasteiger partial charge in [-0.2, -0.15) is 0 Å². The van der Waals surface area contributed by atoms with Gasteiger partial charge in [-0.05, 0) is 43.1 Å². The first-order valence-electron chi connectivity index (χ1n) is 8.01. The van der Waals surface area contributed by atoms with Crippen LogP contribution < -0.4 is 10.1 Å². The Balaban J connectivity index is 1.50. The van der Waals surface area contributed by atoms with Crippen molar-refractivity contribution in [1.82, 2.24) is 10.2 Å². The third-order valence-corrected chi connectivity index (χ3v) is 5.97. The van der Waals surface area contributed by atoms with Crippen LogP contribution in [0.25, 0.3) is 10.4 Å². The molecule has 5 heteroatoms. The molecule has 1 unspecified atom stereocenters. The Morgan fingerprint density at radius 1 is 1.26 bits per heavy atom. The number of thiophene rings is 1. The molecule has 0 spiro atoms. The molecule has 2 aliphatic heterocycles. The van der Waals surface area contributed by atoms with Gasteiger partial charge in [-0.1, -0.05) is 12.1 Å². The molecule has 1 aromatic heterocycles. The zero-order valence-electron chi connectivity index (χ0n) is 13.1. The molecule has 3 heterocycles. The number of methoxy groups -OCH3 is 1. The van der Waals surface area contributed by atoms with Crippen LogP contribution in [0, 0.1) is 5.92 Å². The number of hydrogen-bond donors (Lipinski definition) is 1. The lowest BCUT2D eigenvalue weighted by Gasteiger charge is -2.22. The lowest BCUT2D eigenvalue weighted by atomic mass is 10.00. The minimum Gasteiger partial charge on any atom is -0.496 e. The fourth-order valence-electron chi connectivity index (χ4n) is 3.64. The first kappa shape index (κ1) is 14.7. The smallest absolute Gasteiger partial charge is 0.261 e. The second-order valence-electron chi connectivity index (χ2n) is 6.25. The molecule has 0 radical (unpaired) electrons. The molecule has 1 aromatic carbocycles. The van der Waals surface area contributed by atoms with Crippen LogP contribution in [0.2, 0.25) is 0 Å². The summed E-state index contributed by atoms with van der Waals surface area (Å²) in [5, 5.41) is 3.22. The first-order chi connectivity index (χ1) is 11.2. The van der Waals surface area contributed by atoms with Gasteiger partial charge < -0.3 is 15.0 Å². The van der Waals surface area contributed by atoms with Crippen LogP contribution in [-0.2, 0) is 0 Å². The van der Waals surface area contributed by atoms with Gasteiger partial charge in [0.25, 0.3) is 5.91 Å². The van der Waals surface area contributed by atoms with E-state index in [2.05, 4.69) is 10.2 Å². The molecule has 4 rings (SSSR count). The highest BCUT2D eigenvalue weighted by molar-refractivity contribution is 7.17. The molecule has 3 atom stereocenters. The molecule has 2 bridgehead atoms. The Hall–Kier alpha value is -1.85. The number of amides is 1. The fourth-order valence-corrected chi connectivity index (χ4v) is 4.58. The summed E-state index contributed by atoms with van der Waals surface area (Å²) in [6.45, 7) is 3.33. The van der Waals surface area contributed by atoms with Crippen molar-refractivity contribution in [1.29, 1.82) is 0 Å². The maximum Gasteiger partial charge on any atom is 0.261 e. The number of piperidine rings is 1. The highest BCUT2D eigenvalue weighted by Gasteiger charge is 2.38. The third-order valence-electron chi connectivity index (χ3n) is 4.85. The van der Waals surface area contributed by atoms with Gasteiger partial charge in [0.05, 0.1) is 12.0 Å². The van der Waals surface area contributed by atoms with Crippen molar-refractivity contribution in [3.8, 4) is 16.2 Å². The second-order valence-corrected chi connectivity index (χ2v) is 7.34. The van der Waals surface area contributed by atoms with Crippen LogP contribution in [-0.4, -0.2) is 43.6 Å². The van der Waals surface area contributed by atoms with Crippen molar-refractivity contribution < 1.29 is 9.53 Å². The van der Waals surface area contributed by atoms with Gasteiger partial charge in [0.15, 0.2) is 0 Å². The largest absolute Gasteiger partial charge is 0.496 e. The Kier molecular flexibility index (Phi) is 3.83. The van der Waals surface area contributed by atoms with Crippen molar-refractivity contribution in [3.63, 3.8) is 0 Å². The van der Waals surface area contributed by atoms with Gasteiger partial charge in [0, 0.05) is 29.6 Å². The van der Waals surface area contributed by atoms with Crippen LogP contribution in [0.4, 0.5) is 0 Å². The Bertz CT molecular complexity index is 727. The van der Waals surface area contributed by atoms with Crippen molar-refractivity contribution in [3.05, 3.63) is 41.3 Å². The summed E-state index contributed by atoms with van der Waals surface area (Å²) in [6, 6.07) is 12.1. The summed E-state index contributed by atoms with van der Waals surface area (Å²) < 4.78 is 5.41. The maximum atomic E-state index is 12.5. The van der Waals surface area contributed by atoms with Crippen molar-refractivity contribution in [2.24, 2.45) is 5.92 Å². The number of ether oxygens (including phenoxy) is 1. The molecular formula is C18H20N2O2S. The van der Waals surface area contributed by atoms with Gasteiger partial charge in [-0.15, -0.1) is 11.3 Å². The van der Waals surface area contributed by atoms with E-state index in [1.54, 1.807) is 7.11 Å². The lowest BCUT2D eigenvalue weighted by Crippen LogP contribution is -2.42. The average molecular weight is 328 g/mol. The lowest BCUT2D eigenvalue weighted by molar-refractivity contribution is 0.0928. The van der Waals surface area contributed by atoms with Crippen LogP contribution in [0.5, 0.6) is 5.75 Å². The third kappa shape index (κ3) is 2.75. The van der Waals surface area contributed by atoms with E-state index in [-0.39, 0.29) is 5.91 Å². The summed E-state index contributed by atoms with van der Waals surface area (Å²) in [5.74, 6) is 1.52. The molecule has 4 nitrogen and oxygen atoms in total. The molecule has 120 valence electrons. The summed E-state index contributed by atoms with van der Waals surface area (Å²) in [7, 11) is 1.67. The van der Waals surface area contributed by atoms with Crippen LogP contribution in [0.3, 0.4) is 0 Å². The van der Waals surface area contributed by atoms with E-state index in [1.807, 2.05) is 36.4 Å². The van der Waals surface area contributed by atoms with E-state index in [0.717, 1.165) is 34.2 Å². The van der Waals surface area contributed by atoms with Gasteiger partial charge >= 0.3 is 0 Å². The highest BCUT2D eigenvalue weighted by atomic mass is 32.1. The van der Waals surface area contributed by atoms with Crippen molar-refractivity contribution in [2.75, 3.05) is 26.7 Å². The van der Waals surface area contributed by atoms with Crippen LogP contribution >= 0.6 is 11.3 Å². The Morgan fingerprint density at radius 3 is 2.87 bits per heavy atom. The maximum absolute atomic E-state index is 12.5. The van der Waals surface area contributed by atoms with E-state index in [9.17, 15) is 4.79 Å². The van der Waals surface area contributed by atoms with Crippen LogP contribution in [0.1, 0.15) is 16.1 Å². The highest BCUT2D eigenvalue weighted by Crippen LogP contribution is 2.35. The molecule has 2 aromatic rings. The zero-order chi connectivity index (χ0) is 15.8. The van der Waals surface area contributed by atoms with Crippen molar-refractivity contribution >= 4 is 17.2 Å². The topological polar surface area (TPSA) is 41.6 Å². The standard InChI is InChI=1S/C18H20N2O2S/c1-22-15-5-3-2-4-13(15)16-6-7-17(23-16)18(21)19-14-11-20-9-8-12(14)10-20/h2-7,12,14H,8-11H2,1H3,(H,19,21)/t12-,14-/m0/s1. The number of fused-ring (bicyclic) bond motifs is 2. The number of benzene rings is 1. The minimum absolute atomic E-state index is 0.0508. The van der Waals surface area contributed by atoms with Gasteiger partial charge in [-0.25, -0.2) is 0 Å².